The molecular formula is C20H24ClF3N4. The first-order chi connectivity index (χ1) is 13.3. The number of fused-ring (bicyclic) bond motifs is 1. The minimum atomic E-state index is -4.42. The van der Waals surface area contributed by atoms with Gasteiger partial charge < -0.3 is 9.80 Å². The molecule has 1 aromatic carbocycles. The van der Waals surface area contributed by atoms with Crippen molar-refractivity contribution in [3.8, 4) is 0 Å². The summed E-state index contributed by atoms with van der Waals surface area (Å²) >= 11 is 6.22. The number of nitrogens with zero attached hydrogens (tertiary/aromatic N) is 4. The first-order valence-electron chi connectivity index (χ1n) is 9.53. The van der Waals surface area contributed by atoms with Crippen LogP contribution in [0.25, 0.3) is 0 Å². The Bertz CT molecular complexity index is 854. The zero-order valence-electron chi connectivity index (χ0n) is 16.3. The van der Waals surface area contributed by atoms with Crippen LogP contribution in [0.15, 0.2) is 18.2 Å². The fraction of sp³-hybridized carbons (Fsp3) is 0.500. The highest BCUT2D eigenvalue weighted by Gasteiger charge is 2.33. The highest BCUT2D eigenvalue weighted by molar-refractivity contribution is 6.33. The van der Waals surface area contributed by atoms with Crippen LogP contribution in [0.3, 0.4) is 0 Å². The van der Waals surface area contributed by atoms with Crippen molar-refractivity contribution in [3.63, 3.8) is 0 Å². The van der Waals surface area contributed by atoms with E-state index >= 15 is 0 Å². The lowest BCUT2D eigenvalue weighted by Gasteiger charge is -2.25. The quantitative estimate of drug-likeness (QED) is 0.602. The monoisotopic (exact) mass is 412 g/mol. The molecule has 4 nitrogen and oxygen atoms in total. The molecule has 0 atom stereocenters. The molecular weight excluding hydrogens is 389 g/mol. The van der Waals surface area contributed by atoms with Crippen molar-refractivity contribution in [2.24, 2.45) is 0 Å². The second-order valence-corrected chi connectivity index (χ2v) is 7.30. The maximum atomic E-state index is 13.0. The Hall–Kier alpha value is -2.02. The van der Waals surface area contributed by atoms with Crippen LogP contribution in [0.1, 0.15) is 43.6 Å². The second-order valence-electron chi connectivity index (χ2n) is 6.90. The van der Waals surface area contributed by atoms with Crippen LogP contribution in [0.4, 0.5) is 30.5 Å². The van der Waals surface area contributed by atoms with Gasteiger partial charge in [0.15, 0.2) is 0 Å². The molecule has 0 amide bonds. The molecule has 1 aromatic heterocycles. The van der Waals surface area contributed by atoms with Crippen molar-refractivity contribution in [1.82, 2.24) is 9.97 Å². The number of aryl methyl sites for hydroxylation is 1. The lowest BCUT2D eigenvalue weighted by Crippen LogP contribution is -2.26. The Kier molecular flexibility index (Phi) is 6.03. The van der Waals surface area contributed by atoms with Gasteiger partial charge in [-0.1, -0.05) is 24.9 Å². The van der Waals surface area contributed by atoms with Crippen molar-refractivity contribution < 1.29 is 13.2 Å². The summed E-state index contributed by atoms with van der Waals surface area (Å²) in [5, 5.41) is 0.0684. The number of rotatable bonds is 6. The van der Waals surface area contributed by atoms with Crippen LogP contribution >= 0.6 is 11.6 Å². The fourth-order valence-corrected chi connectivity index (χ4v) is 3.79. The highest BCUT2D eigenvalue weighted by atomic mass is 35.5. The van der Waals surface area contributed by atoms with E-state index in [1.807, 2.05) is 11.8 Å². The van der Waals surface area contributed by atoms with Gasteiger partial charge in [-0.05, 0) is 44.9 Å². The SMILES string of the molecule is CCCCN(CC)c1nc(C)nc2c1CCN2c1ccc(C(F)(F)F)cc1Cl. The lowest BCUT2D eigenvalue weighted by molar-refractivity contribution is -0.137. The smallest absolute Gasteiger partial charge is 0.356 e. The Labute approximate surface area is 168 Å². The molecule has 0 radical (unpaired) electrons. The van der Waals surface area contributed by atoms with Gasteiger partial charge in [0.1, 0.15) is 17.5 Å². The topological polar surface area (TPSA) is 32.3 Å². The van der Waals surface area contributed by atoms with Gasteiger partial charge in [-0.2, -0.15) is 13.2 Å². The number of aromatic nitrogens is 2. The predicted molar refractivity (Wildman–Crippen MR) is 107 cm³/mol. The molecule has 2 heterocycles. The van der Waals surface area contributed by atoms with E-state index in [1.54, 1.807) is 0 Å². The van der Waals surface area contributed by atoms with Crippen LogP contribution in [-0.4, -0.2) is 29.6 Å². The summed E-state index contributed by atoms with van der Waals surface area (Å²) in [6, 6.07) is 3.46. The normalized spacial score (nSPS) is 13.8. The Morgan fingerprint density at radius 2 is 1.96 bits per heavy atom. The van der Waals surface area contributed by atoms with Gasteiger partial charge in [-0.15, -0.1) is 0 Å². The van der Waals surface area contributed by atoms with Crippen molar-refractivity contribution in [2.45, 2.75) is 46.2 Å². The second kappa shape index (κ2) is 8.15. The predicted octanol–water partition coefficient (Wildman–Crippen LogP) is 5.78. The summed E-state index contributed by atoms with van der Waals surface area (Å²) in [4.78, 5) is 13.4. The van der Waals surface area contributed by atoms with Crippen LogP contribution in [-0.2, 0) is 12.6 Å². The summed E-state index contributed by atoms with van der Waals surface area (Å²) in [7, 11) is 0. The molecule has 0 spiro atoms. The Morgan fingerprint density at radius 3 is 2.57 bits per heavy atom. The number of halogens is 4. The van der Waals surface area contributed by atoms with E-state index in [-0.39, 0.29) is 5.02 Å². The minimum absolute atomic E-state index is 0.0684. The lowest BCUT2D eigenvalue weighted by atomic mass is 10.2. The molecule has 152 valence electrons. The van der Waals surface area contributed by atoms with Crippen LogP contribution in [0.2, 0.25) is 5.02 Å². The molecule has 28 heavy (non-hydrogen) atoms. The largest absolute Gasteiger partial charge is 0.416 e. The molecule has 0 bridgehead atoms. The third kappa shape index (κ3) is 4.04. The molecule has 0 saturated heterocycles. The van der Waals surface area contributed by atoms with E-state index in [0.717, 1.165) is 61.7 Å². The van der Waals surface area contributed by atoms with Crippen molar-refractivity contribution in [3.05, 3.63) is 40.2 Å². The number of anilines is 3. The Balaban J connectivity index is 2.00. The number of benzene rings is 1. The molecule has 0 N–H and O–H groups in total. The average molecular weight is 413 g/mol. The van der Waals surface area contributed by atoms with Gasteiger partial charge in [0.2, 0.25) is 0 Å². The summed E-state index contributed by atoms with van der Waals surface area (Å²) < 4.78 is 38.9. The number of hydrogen-bond acceptors (Lipinski definition) is 4. The van der Waals surface area contributed by atoms with Crippen molar-refractivity contribution >= 4 is 28.9 Å². The maximum absolute atomic E-state index is 13.0. The van der Waals surface area contributed by atoms with E-state index < -0.39 is 11.7 Å². The van der Waals surface area contributed by atoms with E-state index in [4.69, 9.17) is 11.6 Å². The zero-order valence-corrected chi connectivity index (χ0v) is 17.0. The molecule has 0 aliphatic carbocycles. The van der Waals surface area contributed by atoms with E-state index in [9.17, 15) is 13.2 Å². The van der Waals surface area contributed by atoms with Crippen LogP contribution in [0.5, 0.6) is 0 Å². The van der Waals surface area contributed by atoms with E-state index in [1.165, 1.54) is 6.07 Å². The summed E-state index contributed by atoms with van der Waals surface area (Å²) in [5.41, 5.74) is 0.811. The molecule has 2 aromatic rings. The van der Waals surface area contributed by atoms with Crippen LogP contribution in [0, 0.1) is 6.92 Å². The standard InChI is InChI=1S/C20H24ClF3N4/c1-4-6-10-27(5-2)18-15-9-11-28(19(15)26-13(3)25-18)17-8-7-14(12-16(17)21)20(22,23)24/h7-8,12H,4-6,9-11H2,1-3H3. The van der Waals surface area contributed by atoms with Gasteiger partial charge in [-0.25, -0.2) is 9.97 Å². The van der Waals surface area contributed by atoms with Crippen LogP contribution < -0.4 is 9.80 Å². The fourth-order valence-electron chi connectivity index (χ4n) is 3.50. The zero-order chi connectivity index (χ0) is 20.5. The number of hydrogen-bond donors (Lipinski definition) is 0. The molecule has 3 rings (SSSR count). The van der Waals surface area contributed by atoms with E-state index in [0.29, 0.717) is 18.1 Å². The summed E-state index contributed by atoms with van der Waals surface area (Å²) in [5.74, 6) is 2.29. The molecule has 1 aliphatic rings. The minimum Gasteiger partial charge on any atom is -0.356 e. The van der Waals surface area contributed by atoms with Crippen molar-refractivity contribution in [1.29, 1.82) is 0 Å². The Morgan fingerprint density at radius 1 is 1.21 bits per heavy atom. The molecule has 1 aliphatic heterocycles. The highest BCUT2D eigenvalue weighted by Crippen LogP contribution is 2.42. The average Bonchev–Trinajstić information content (AvgIpc) is 3.04. The van der Waals surface area contributed by atoms with Gasteiger partial charge in [-0.3, -0.25) is 0 Å². The summed E-state index contributed by atoms with van der Waals surface area (Å²) in [6.45, 7) is 8.44. The maximum Gasteiger partial charge on any atom is 0.416 e. The van der Waals surface area contributed by atoms with Gasteiger partial charge in [0.05, 0.1) is 16.3 Å². The molecule has 0 fully saturated rings. The van der Waals surface area contributed by atoms with E-state index in [2.05, 4.69) is 28.7 Å². The molecule has 0 unspecified atom stereocenters. The van der Waals surface area contributed by atoms with Gasteiger partial charge >= 0.3 is 6.18 Å². The summed E-state index contributed by atoms with van der Waals surface area (Å²) in [6.07, 6.45) is -1.53. The molecule has 8 heteroatoms. The first kappa shape index (κ1) is 20.7. The number of alkyl halides is 3. The van der Waals surface area contributed by atoms with Gasteiger partial charge in [0, 0.05) is 25.2 Å². The number of unbranched alkanes of at least 4 members (excludes halogenated alkanes) is 1. The van der Waals surface area contributed by atoms with Crippen molar-refractivity contribution in [2.75, 3.05) is 29.4 Å². The third-order valence-corrected chi connectivity index (χ3v) is 5.25. The third-order valence-electron chi connectivity index (χ3n) is 4.94. The molecule has 0 saturated carbocycles. The van der Waals surface area contributed by atoms with Gasteiger partial charge in [0.25, 0.3) is 0 Å². The first-order valence-corrected chi connectivity index (χ1v) is 9.90.